The van der Waals surface area contributed by atoms with Crippen LogP contribution in [0.15, 0.2) is 152 Å². The molecular formula is C41H32N4O. The summed E-state index contributed by atoms with van der Waals surface area (Å²) >= 11 is 0. The van der Waals surface area contributed by atoms with Crippen molar-refractivity contribution in [1.82, 2.24) is 9.97 Å². The molecule has 1 aliphatic rings. The van der Waals surface area contributed by atoms with E-state index in [1.54, 1.807) is 0 Å². The van der Waals surface area contributed by atoms with Crippen LogP contribution < -0.4 is 9.80 Å². The molecule has 5 heteroatoms. The highest BCUT2D eigenvalue weighted by Gasteiger charge is 2.37. The number of phenolic OH excluding ortho intramolecular Hbond substituents is 1. The van der Waals surface area contributed by atoms with Gasteiger partial charge in [-0.1, -0.05) is 98.8 Å². The van der Waals surface area contributed by atoms with Crippen LogP contribution in [0.5, 0.6) is 5.75 Å². The molecule has 0 saturated carbocycles. The van der Waals surface area contributed by atoms with E-state index in [9.17, 15) is 5.11 Å². The molecule has 0 aliphatic carbocycles. The first-order valence-electron chi connectivity index (χ1n) is 15.5. The van der Waals surface area contributed by atoms with E-state index in [1.807, 2.05) is 109 Å². The summed E-state index contributed by atoms with van der Waals surface area (Å²) in [5, 5.41) is 12.7. The maximum atomic E-state index is 11.9. The predicted octanol–water partition coefficient (Wildman–Crippen LogP) is 10.6. The lowest BCUT2D eigenvalue weighted by Crippen LogP contribution is -2.30. The number of pyridine rings is 2. The van der Waals surface area contributed by atoms with E-state index in [4.69, 9.17) is 9.97 Å². The van der Waals surface area contributed by atoms with Crippen molar-refractivity contribution in [2.24, 2.45) is 0 Å². The highest BCUT2D eigenvalue weighted by Crippen LogP contribution is 2.52. The average Bonchev–Trinajstić information content (AvgIpc) is 3.11. The molecule has 1 N–H and O–H groups in total. The number of fused-ring (bicyclic) bond motifs is 3. The summed E-state index contributed by atoms with van der Waals surface area (Å²) in [6, 6.07) is 49.4. The van der Waals surface area contributed by atoms with Crippen molar-refractivity contribution in [2.45, 2.75) is 19.3 Å². The number of hydrogen-bond donors (Lipinski definition) is 1. The van der Waals surface area contributed by atoms with E-state index in [0.717, 1.165) is 45.2 Å². The Morgan fingerprint density at radius 2 is 1.28 bits per heavy atom. The van der Waals surface area contributed by atoms with Crippen LogP contribution in [0.2, 0.25) is 0 Å². The molecule has 0 fully saturated rings. The molecular weight excluding hydrogens is 564 g/mol. The van der Waals surface area contributed by atoms with Gasteiger partial charge in [-0.25, -0.2) is 9.97 Å². The van der Waals surface area contributed by atoms with Gasteiger partial charge < -0.3 is 10.0 Å². The zero-order chi connectivity index (χ0) is 31.3. The Morgan fingerprint density at radius 1 is 0.630 bits per heavy atom. The molecule has 0 bridgehead atoms. The van der Waals surface area contributed by atoms with Crippen LogP contribution in [-0.2, 0) is 5.41 Å². The number of aromatic nitrogens is 2. The molecule has 2 aromatic heterocycles. The molecule has 0 unspecified atom stereocenters. The van der Waals surface area contributed by atoms with E-state index in [-0.39, 0.29) is 11.2 Å². The second kappa shape index (κ2) is 10.9. The fraction of sp³-hybridized carbons (Fsp3) is 0.0732. The van der Waals surface area contributed by atoms with Gasteiger partial charge in [0.15, 0.2) is 5.75 Å². The van der Waals surface area contributed by atoms with Crippen LogP contribution in [0.1, 0.15) is 25.0 Å². The van der Waals surface area contributed by atoms with Crippen molar-refractivity contribution in [2.75, 3.05) is 9.80 Å². The van der Waals surface area contributed by atoms with E-state index in [0.29, 0.717) is 11.2 Å². The molecule has 46 heavy (non-hydrogen) atoms. The molecule has 0 radical (unpaired) electrons. The monoisotopic (exact) mass is 596 g/mol. The first-order valence-corrected chi connectivity index (χ1v) is 15.5. The quantitative estimate of drug-likeness (QED) is 0.214. The molecule has 0 amide bonds. The first kappa shape index (κ1) is 27.6. The average molecular weight is 597 g/mol. The second-order valence-corrected chi connectivity index (χ2v) is 12.1. The fourth-order valence-electron chi connectivity index (χ4n) is 6.69. The van der Waals surface area contributed by atoms with Crippen molar-refractivity contribution in [3.05, 3.63) is 163 Å². The van der Waals surface area contributed by atoms with Crippen LogP contribution in [0, 0.1) is 0 Å². The van der Waals surface area contributed by atoms with Gasteiger partial charge in [0.2, 0.25) is 0 Å². The molecule has 222 valence electrons. The zero-order valence-electron chi connectivity index (χ0n) is 25.7. The third-order valence-corrected chi connectivity index (χ3v) is 8.99. The van der Waals surface area contributed by atoms with Gasteiger partial charge in [-0.15, -0.1) is 0 Å². The number of hydrogen-bond acceptors (Lipinski definition) is 5. The number of anilines is 6. The van der Waals surface area contributed by atoms with Crippen LogP contribution in [0.4, 0.5) is 34.3 Å². The predicted molar refractivity (Wildman–Crippen MR) is 188 cm³/mol. The molecule has 8 rings (SSSR count). The largest absolute Gasteiger partial charge is 0.504 e. The maximum Gasteiger partial charge on any atom is 0.166 e. The van der Waals surface area contributed by atoms with Crippen molar-refractivity contribution < 1.29 is 5.11 Å². The van der Waals surface area contributed by atoms with Crippen LogP contribution >= 0.6 is 0 Å². The second-order valence-electron chi connectivity index (χ2n) is 12.1. The summed E-state index contributed by atoms with van der Waals surface area (Å²) in [4.78, 5) is 14.1. The lowest BCUT2D eigenvalue weighted by Gasteiger charge is -2.41. The lowest BCUT2D eigenvalue weighted by molar-refractivity contribution is 0.481. The molecule has 5 aromatic carbocycles. The molecule has 0 saturated heterocycles. The van der Waals surface area contributed by atoms with Crippen LogP contribution in [-0.4, -0.2) is 15.1 Å². The summed E-state index contributed by atoms with van der Waals surface area (Å²) in [7, 11) is 0. The summed E-state index contributed by atoms with van der Waals surface area (Å²) in [5.41, 5.74) is 9.31. The minimum Gasteiger partial charge on any atom is -0.504 e. The Morgan fingerprint density at radius 3 is 2.00 bits per heavy atom. The standard InChI is InChI=1S/C41H32N4O/c1-41(2)32-17-9-10-18-35(32)45(38-19-11-12-26-42-38)37-27-29(20-23-33(37)41)34-24-21-28-22-25-36(40(46)39(28)43-34)44(30-13-5-3-6-14-30)31-15-7-4-8-16-31/h3-27,46H,1-2H3. The van der Waals surface area contributed by atoms with Crippen molar-refractivity contribution in [1.29, 1.82) is 0 Å². The van der Waals surface area contributed by atoms with E-state index < -0.39 is 0 Å². The fourth-order valence-corrected chi connectivity index (χ4v) is 6.69. The number of phenols is 1. The normalized spacial score (nSPS) is 13.2. The summed E-state index contributed by atoms with van der Waals surface area (Å²) in [5.74, 6) is 0.995. The number of nitrogens with zero attached hydrogens (tertiary/aromatic N) is 4. The Bertz CT molecular complexity index is 2160. The van der Waals surface area contributed by atoms with Gasteiger partial charge in [0.1, 0.15) is 11.3 Å². The molecule has 5 nitrogen and oxygen atoms in total. The highest BCUT2D eigenvalue weighted by molar-refractivity contribution is 5.95. The summed E-state index contributed by atoms with van der Waals surface area (Å²) < 4.78 is 0. The molecule has 7 aromatic rings. The minimum atomic E-state index is -0.210. The summed E-state index contributed by atoms with van der Waals surface area (Å²) in [6.45, 7) is 4.55. The van der Waals surface area contributed by atoms with E-state index >= 15 is 0 Å². The Balaban J connectivity index is 1.28. The number of benzene rings is 5. The van der Waals surface area contributed by atoms with Gasteiger partial charge in [0.25, 0.3) is 0 Å². The Labute approximate surface area is 268 Å². The Hall–Kier alpha value is -5.94. The molecule has 0 spiro atoms. The molecule has 0 atom stereocenters. The number of rotatable bonds is 5. The van der Waals surface area contributed by atoms with Gasteiger partial charge >= 0.3 is 0 Å². The van der Waals surface area contributed by atoms with Gasteiger partial charge in [-0.05, 0) is 71.8 Å². The molecule has 3 heterocycles. The molecule has 1 aliphatic heterocycles. The third-order valence-electron chi connectivity index (χ3n) is 8.99. The van der Waals surface area contributed by atoms with Crippen molar-refractivity contribution in [3.8, 4) is 17.0 Å². The highest BCUT2D eigenvalue weighted by atomic mass is 16.3. The first-order chi connectivity index (χ1) is 22.5. The van der Waals surface area contributed by atoms with Gasteiger partial charge in [0, 0.05) is 33.9 Å². The SMILES string of the molecule is CC1(C)c2ccccc2N(c2ccccn2)c2cc(-c3ccc4ccc(N(c5ccccc5)c5ccccc5)c(O)c4n3)ccc21. The van der Waals surface area contributed by atoms with E-state index in [2.05, 4.69) is 66.1 Å². The minimum absolute atomic E-state index is 0.134. The zero-order valence-corrected chi connectivity index (χ0v) is 25.7. The van der Waals surface area contributed by atoms with Crippen molar-refractivity contribution >= 4 is 45.2 Å². The maximum absolute atomic E-state index is 11.9. The van der Waals surface area contributed by atoms with Crippen LogP contribution in [0.3, 0.4) is 0 Å². The number of para-hydroxylation sites is 3. The Kier molecular flexibility index (Phi) is 6.54. The van der Waals surface area contributed by atoms with Gasteiger partial charge in [-0.2, -0.15) is 0 Å². The smallest absolute Gasteiger partial charge is 0.166 e. The van der Waals surface area contributed by atoms with Gasteiger partial charge in [-0.3, -0.25) is 4.90 Å². The third kappa shape index (κ3) is 4.48. The van der Waals surface area contributed by atoms with Crippen molar-refractivity contribution in [3.63, 3.8) is 0 Å². The number of aromatic hydroxyl groups is 1. The summed E-state index contributed by atoms with van der Waals surface area (Å²) in [6.07, 6.45) is 1.83. The van der Waals surface area contributed by atoms with Gasteiger partial charge in [0.05, 0.1) is 22.8 Å². The topological polar surface area (TPSA) is 52.5 Å². The van der Waals surface area contributed by atoms with Crippen LogP contribution in [0.25, 0.3) is 22.2 Å². The van der Waals surface area contributed by atoms with E-state index in [1.165, 1.54) is 11.1 Å². The lowest BCUT2D eigenvalue weighted by atomic mass is 9.73.